The predicted molar refractivity (Wildman–Crippen MR) is 109 cm³/mol. The number of amidine groups is 1. The Morgan fingerprint density at radius 2 is 2.00 bits per heavy atom. The molecule has 1 aliphatic carbocycles. The summed E-state index contributed by atoms with van der Waals surface area (Å²) in [6.07, 6.45) is 2.91. The van der Waals surface area contributed by atoms with Gasteiger partial charge in [-0.15, -0.1) is 0 Å². The topological polar surface area (TPSA) is 60.7 Å². The van der Waals surface area contributed by atoms with Crippen LogP contribution in [-0.2, 0) is 4.74 Å². The number of hydrogen-bond acceptors (Lipinski definition) is 6. The molecule has 2 fully saturated rings. The largest absolute Gasteiger partial charge is 0.389 e. The highest BCUT2D eigenvalue weighted by Crippen LogP contribution is 2.49. The van der Waals surface area contributed by atoms with Gasteiger partial charge in [-0.25, -0.2) is 4.99 Å². The molecule has 6 nitrogen and oxygen atoms in total. The number of allylic oxidation sites excluding steroid dienone is 2. The lowest BCUT2D eigenvalue weighted by Crippen LogP contribution is -2.60. The van der Waals surface area contributed by atoms with Crippen LogP contribution >= 0.6 is 11.6 Å². The zero-order chi connectivity index (χ0) is 19.4. The van der Waals surface area contributed by atoms with Crippen molar-refractivity contribution in [1.82, 2.24) is 9.80 Å². The Bertz CT molecular complexity index is 700. The molecule has 1 N–H and O–H groups in total. The van der Waals surface area contributed by atoms with Gasteiger partial charge in [-0.3, -0.25) is 9.89 Å². The van der Waals surface area contributed by atoms with E-state index in [1.54, 1.807) is 0 Å². The van der Waals surface area contributed by atoms with Crippen LogP contribution in [-0.4, -0.2) is 83.0 Å². The highest BCUT2D eigenvalue weighted by atomic mass is 35.5. The number of piperazine rings is 1. The molecule has 0 amide bonds. The average molecular weight is 395 g/mol. The molecule has 4 aliphatic rings. The van der Waals surface area contributed by atoms with Crippen LogP contribution in [0.3, 0.4) is 0 Å². The zero-order valence-electron chi connectivity index (χ0n) is 16.8. The van der Waals surface area contributed by atoms with Gasteiger partial charge in [-0.2, -0.15) is 0 Å². The van der Waals surface area contributed by atoms with E-state index in [4.69, 9.17) is 16.3 Å². The Morgan fingerprint density at radius 1 is 1.30 bits per heavy atom. The second-order valence-corrected chi connectivity index (χ2v) is 9.08. The molecule has 0 bridgehead atoms. The highest BCUT2D eigenvalue weighted by molar-refractivity contribution is 6.66. The first-order chi connectivity index (χ1) is 12.8. The third-order valence-electron chi connectivity index (χ3n) is 7.46. The maximum absolute atomic E-state index is 10.4. The van der Waals surface area contributed by atoms with Gasteiger partial charge in [0.05, 0.1) is 36.6 Å². The molecule has 150 valence electrons. The van der Waals surface area contributed by atoms with E-state index in [-0.39, 0.29) is 17.0 Å². The molecule has 0 spiro atoms. The van der Waals surface area contributed by atoms with Crippen LogP contribution in [0.25, 0.3) is 0 Å². The van der Waals surface area contributed by atoms with E-state index in [1.807, 2.05) is 0 Å². The fourth-order valence-electron chi connectivity index (χ4n) is 5.34. The van der Waals surface area contributed by atoms with Crippen molar-refractivity contribution in [2.45, 2.75) is 51.8 Å². The summed E-state index contributed by atoms with van der Waals surface area (Å²) < 4.78 is 5.53. The zero-order valence-corrected chi connectivity index (χ0v) is 17.5. The maximum Gasteiger partial charge on any atom is 0.218 e. The van der Waals surface area contributed by atoms with E-state index in [9.17, 15) is 5.11 Å². The van der Waals surface area contributed by atoms with Crippen LogP contribution < -0.4 is 0 Å². The van der Waals surface area contributed by atoms with E-state index in [0.29, 0.717) is 24.4 Å². The summed E-state index contributed by atoms with van der Waals surface area (Å²) >= 11 is 6.16. The fourth-order valence-corrected chi connectivity index (χ4v) is 5.57. The van der Waals surface area contributed by atoms with E-state index >= 15 is 0 Å². The van der Waals surface area contributed by atoms with Gasteiger partial charge in [-0.1, -0.05) is 13.8 Å². The molecule has 3 unspecified atom stereocenters. The average Bonchev–Trinajstić information content (AvgIpc) is 3.13. The van der Waals surface area contributed by atoms with Crippen molar-refractivity contribution in [3.05, 3.63) is 11.8 Å². The lowest BCUT2D eigenvalue weighted by Gasteiger charge is -2.47. The molecule has 4 rings (SSSR count). The van der Waals surface area contributed by atoms with Crippen LogP contribution in [0, 0.1) is 11.3 Å². The number of nitrogens with zero attached hydrogens (tertiary/aromatic N) is 4. The second kappa shape index (κ2) is 6.83. The van der Waals surface area contributed by atoms with Gasteiger partial charge in [0.25, 0.3) is 0 Å². The van der Waals surface area contributed by atoms with Crippen molar-refractivity contribution in [3.63, 3.8) is 0 Å². The summed E-state index contributed by atoms with van der Waals surface area (Å²) in [6, 6.07) is 0.127. The van der Waals surface area contributed by atoms with Gasteiger partial charge in [0.2, 0.25) is 5.29 Å². The number of aliphatic imine (C=N–C) groups is 2. The molecule has 0 aromatic rings. The minimum Gasteiger partial charge on any atom is -0.389 e. The third-order valence-corrected chi connectivity index (χ3v) is 7.64. The monoisotopic (exact) mass is 394 g/mol. The molecule has 5 atom stereocenters. The second-order valence-electron chi connectivity index (χ2n) is 8.75. The van der Waals surface area contributed by atoms with Crippen LogP contribution in [0.4, 0.5) is 0 Å². The smallest absolute Gasteiger partial charge is 0.218 e. The van der Waals surface area contributed by atoms with Crippen molar-refractivity contribution in [3.8, 4) is 0 Å². The Kier molecular flexibility index (Phi) is 4.90. The van der Waals surface area contributed by atoms with Crippen molar-refractivity contribution in [2.75, 3.05) is 39.4 Å². The summed E-state index contributed by atoms with van der Waals surface area (Å²) in [7, 11) is 0. The van der Waals surface area contributed by atoms with Gasteiger partial charge in [0, 0.05) is 43.2 Å². The summed E-state index contributed by atoms with van der Waals surface area (Å²) in [5.41, 5.74) is 2.10. The number of halogens is 1. The number of rotatable bonds is 3. The number of hydrogen-bond donors (Lipinski definition) is 1. The summed E-state index contributed by atoms with van der Waals surface area (Å²) in [5.74, 6) is 0.405. The molecule has 3 aliphatic heterocycles. The van der Waals surface area contributed by atoms with Crippen LogP contribution in [0.1, 0.15) is 34.1 Å². The standard InChI is InChI=1S/C20H31ClN4O2/c1-5-14-15(10-16-20(14,4)13(2)22-18(21)23-16)24-6-8-25(9-7-24)19(3)12-27-11-17(19)26/h10,13-14,17,26H,5-9,11-12H2,1-4H3/t13-,14?,17?,19?,20+/m1/s1. The van der Waals surface area contributed by atoms with E-state index in [0.717, 1.165) is 38.3 Å². The van der Waals surface area contributed by atoms with Gasteiger partial charge in [0.1, 0.15) is 0 Å². The normalized spacial score (nSPS) is 42.7. The van der Waals surface area contributed by atoms with Gasteiger partial charge in [-0.05, 0) is 37.9 Å². The molecule has 0 saturated carbocycles. The van der Waals surface area contributed by atoms with Gasteiger partial charge >= 0.3 is 0 Å². The fraction of sp³-hybridized carbons (Fsp3) is 0.800. The Morgan fingerprint density at radius 3 is 2.59 bits per heavy atom. The molecular weight excluding hydrogens is 364 g/mol. The van der Waals surface area contributed by atoms with Crippen LogP contribution in [0.5, 0.6) is 0 Å². The summed E-state index contributed by atoms with van der Waals surface area (Å²) in [5, 5.41) is 10.7. The van der Waals surface area contributed by atoms with Crippen molar-refractivity contribution < 1.29 is 9.84 Å². The molecule has 2 saturated heterocycles. The predicted octanol–water partition coefficient (Wildman–Crippen LogP) is 2.12. The maximum atomic E-state index is 10.4. The van der Waals surface area contributed by atoms with E-state index in [2.05, 4.69) is 53.6 Å². The van der Waals surface area contributed by atoms with Crippen LogP contribution in [0.2, 0.25) is 0 Å². The lowest BCUT2D eigenvalue weighted by molar-refractivity contribution is -0.0133. The van der Waals surface area contributed by atoms with Crippen molar-refractivity contribution in [2.24, 2.45) is 21.3 Å². The first-order valence-electron chi connectivity index (χ1n) is 10.1. The third kappa shape index (κ3) is 2.87. The minimum atomic E-state index is -0.408. The Balaban J connectivity index is 1.52. The SMILES string of the molecule is CCC1C(N2CCN(C3(C)COCC3O)CC2)=CC2=NC(Cl)=N[C@H](C)[C@]21C. The van der Waals surface area contributed by atoms with Crippen molar-refractivity contribution >= 4 is 22.6 Å². The molecule has 27 heavy (non-hydrogen) atoms. The van der Waals surface area contributed by atoms with Gasteiger partial charge in [0.15, 0.2) is 0 Å². The molecule has 3 heterocycles. The van der Waals surface area contributed by atoms with E-state index in [1.165, 1.54) is 5.70 Å². The van der Waals surface area contributed by atoms with Crippen molar-refractivity contribution in [1.29, 1.82) is 0 Å². The first-order valence-corrected chi connectivity index (χ1v) is 10.5. The molecular formula is C20H31ClN4O2. The molecule has 0 radical (unpaired) electrons. The summed E-state index contributed by atoms with van der Waals surface area (Å²) in [4.78, 5) is 14.0. The number of ether oxygens (including phenoxy) is 1. The number of aliphatic hydroxyl groups excluding tert-OH is 1. The van der Waals surface area contributed by atoms with E-state index < -0.39 is 6.10 Å². The molecule has 0 aromatic carbocycles. The highest BCUT2D eigenvalue weighted by Gasteiger charge is 2.52. The minimum absolute atomic E-state index is 0.0823. The summed E-state index contributed by atoms with van der Waals surface area (Å²) in [6.45, 7) is 13.6. The van der Waals surface area contributed by atoms with Crippen LogP contribution in [0.15, 0.2) is 21.8 Å². The quantitative estimate of drug-likeness (QED) is 0.745. The number of aliphatic hydroxyl groups is 1. The Hall–Kier alpha value is -0.950. The Labute approximate surface area is 166 Å². The number of fused-ring (bicyclic) bond motifs is 1. The lowest BCUT2D eigenvalue weighted by atomic mass is 9.70. The van der Waals surface area contributed by atoms with Gasteiger partial charge < -0.3 is 14.7 Å². The molecule has 0 aromatic heterocycles. The molecule has 7 heteroatoms. The first kappa shape index (κ1) is 19.4.